The lowest BCUT2D eigenvalue weighted by molar-refractivity contribution is -0.192. The Balaban J connectivity index is 2.49. The van der Waals surface area contributed by atoms with Crippen LogP contribution in [0.3, 0.4) is 0 Å². The van der Waals surface area contributed by atoms with Crippen LogP contribution in [0.4, 0.5) is 0 Å². The minimum Gasteiger partial charge on any atom is -0.508 e. The van der Waals surface area contributed by atoms with Gasteiger partial charge in [-0.15, -0.1) is 0 Å². The smallest absolute Gasteiger partial charge is 0.448 e. The second-order valence-corrected chi connectivity index (χ2v) is 7.01. The SMILES string of the molecule is CCC(c1cccc(O)c1)C(O)(O)C1C=CC(O)=CC1=NP(=O)(O)O. The summed E-state index contributed by atoms with van der Waals surface area (Å²) in [4.78, 5) is 18.2. The van der Waals surface area contributed by atoms with Crippen molar-refractivity contribution in [1.82, 2.24) is 0 Å². The van der Waals surface area contributed by atoms with Crippen LogP contribution < -0.4 is 0 Å². The Morgan fingerprint density at radius 3 is 2.52 bits per heavy atom. The minimum atomic E-state index is -4.85. The number of phenolic OH excluding ortho intramolecular Hbond substituents is 1. The molecule has 2 unspecified atom stereocenters. The van der Waals surface area contributed by atoms with E-state index in [9.17, 15) is 25.0 Å². The fourth-order valence-corrected chi connectivity index (χ4v) is 3.41. The second-order valence-electron chi connectivity index (χ2n) is 5.78. The molecule has 8 nitrogen and oxygen atoms in total. The van der Waals surface area contributed by atoms with Crippen LogP contribution in [-0.2, 0) is 4.57 Å². The van der Waals surface area contributed by atoms with Crippen LogP contribution in [0.15, 0.2) is 53.0 Å². The van der Waals surface area contributed by atoms with E-state index < -0.39 is 25.4 Å². The van der Waals surface area contributed by atoms with Crippen molar-refractivity contribution in [2.45, 2.75) is 25.0 Å². The molecule has 136 valence electrons. The summed E-state index contributed by atoms with van der Waals surface area (Å²) in [6, 6.07) is 5.98. The van der Waals surface area contributed by atoms with E-state index >= 15 is 0 Å². The Bertz CT molecular complexity index is 778. The normalized spacial score (nSPS) is 21.2. The maximum atomic E-state index is 11.2. The van der Waals surface area contributed by atoms with Gasteiger partial charge in [0.15, 0.2) is 5.79 Å². The van der Waals surface area contributed by atoms with Crippen LogP contribution in [0.1, 0.15) is 24.8 Å². The molecule has 0 heterocycles. The summed E-state index contributed by atoms with van der Waals surface area (Å²) in [6.45, 7) is 1.70. The molecule has 0 amide bonds. The summed E-state index contributed by atoms with van der Waals surface area (Å²) in [5.74, 6) is -5.00. The van der Waals surface area contributed by atoms with Gasteiger partial charge in [0.1, 0.15) is 11.5 Å². The molecule has 0 spiro atoms. The van der Waals surface area contributed by atoms with Crippen molar-refractivity contribution in [3.8, 4) is 5.75 Å². The zero-order valence-electron chi connectivity index (χ0n) is 13.4. The summed E-state index contributed by atoms with van der Waals surface area (Å²) in [7, 11) is -4.85. The molecule has 9 heteroatoms. The number of aliphatic hydroxyl groups is 3. The molecule has 0 aromatic heterocycles. The lowest BCUT2D eigenvalue weighted by Gasteiger charge is -2.37. The van der Waals surface area contributed by atoms with Crippen LogP contribution in [0.5, 0.6) is 5.75 Å². The molecule has 0 saturated heterocycles. The first-order chi connectivity index (χ1) is 11.5. The number of phenols is 1. The number of aromatic hydroxyl groups is 1. The van der Waals surface area contributed by atoms with Gasteiger partial charge in [0.05, 0.1) is 11.6 Å². The molecule has 0 bridgehead atoms. The third-order valence-corrected chi connectivity index (χ3v) is 4.46. The maximum Gasteiger partial charge on any atom is 0.448 e. The van der Waals surface area contributed by atoms with Crippen molar-refractivity contribution in [3.05, 3.63) is 53.8 Å². The topological polar surface area (TPSA) is 151 Å². The highest BCUT2D eigenvalue weighted by molar-refractivity contribution is 7.50. The van der Waals surface area contributed by atoms with Gasteiger partial charge >= 0.3 is 7.75 Å². The standard InChI is InChI=1S/C16H20NO7P/c1-2-13(10-4-3-5-11(18)8-10)16(20,21)14-7-6-12(19)9-15(14)17-25(22,23)24/h3-9,13-14,18-21H,2H2,1H3,(H2,22,23,24). The van der Waals surface area contributed by atoms with Crippen LogP contribution in [0.2, 0.25) is 0 Å². The molecule has 6 N–H and O–H groups in total. The quantitative estimate of drug-likeness (QED) is 0.342. The molecular formula is C16H20NO7P. The largest absolute Gasteiger partial charge is 0.508 e. The molecule has 1 aromatic carbocycles. The van der Waals surface area contributed by atoms with Crippen molar-refractivity contribution in [2.75, 3.05) is 0 Å². The molecule has 2 atom stereocenters. The van der Waals surface area contributed by atoms with Gasteiger partial charge in [-0.25, -0.2) is 4.57 Å². The highest BCUT2D eigenvalue weighted by Crippen LogP contribution is 2.42. The van der Waals surface area contributed by atoms with Crippen LogP contribution in [0.25, 0.3) is 0 Å². The highest BCUT2D eigenvalue weighted by Gasteiger charge is 2.44. The Hall–Kier alpha value is -1.96. The molecule has 0 fully saturated rings. The minimum absolute atomic E-state index is 0.0485. The van der Waals surface area contributed by atoms with Gasteiger partial charge in [0.25, 0.3) is 0 Å². The molecule has 0 aliphatic heterocycles. The van der Waals surface area contributed by atoms with Gasteiger partial charge in [-0.2, -0.15) is 4.76 Å². The van der Waals surface area contributed by atoms with Crippen molar-refractivity contribution in [1.29, 1.82) is 0 Å². The number of hydrogen-bond donors (Lipinski definition) is 6. The first-order valence-electron chi connectivity index (χ1n) is 7.52. The van der Waals surface area contributed by atoms with Gasteiger partial charge < -0.3 is 30.2 Å². The van der Waals surface area contributed by atoms with Crippen LogP contribution >= 0.6 is 7.75 Å². The van der Waals surface area contributed by atoms with Gasteiger partial charge in [0, 0.05) is 12.0 Å². The Morgan fingerprint density at radius 2 is 1.96 bits per heavy atom. The average Bonchev–Trinajstić information content (AvgIpc) is 2.45. The van der Waals surface area contributed by atoms with Crippen LogP contribution in [0, 0.1) is 5.92 Å². The zero-order valence-corrected chi connectivity index (χ0v) is 14.3. The van der Waals surface area contributed by atoms with E-state index in [0.29, 0.717) is 5.56 Å². The van der Waals surface area contributed by atoms with E-state index in [1.54, 1.807) is 19.1 Å². The van der Waals surface area contributed by atoms with Crippen molar-refractivity contribution in [3.63, 3.8) is 0 Å². The highest BCUT2D eigenvalue weighted by atomic mass is 31.2. The number of allylic oxidation sites excluding steroid dienone is 2. The van der Waals surface area contributed by atoms with E-state index in [1.807, 2.05) is 0 Å². The van der Waals surface area contributed by atoms with E-state index in [2.05, 4.69) is 4.76 Å². The Morgan fingerprint density at radius 1 is 1.28 bits per heavy atom. The van der Waals surface area contributed by atoms with Crippen molar-refractivity contribution >= 4 is 13.5 Å². The zero-order chi connectivity index (χ0) is 18.8. The predicted molar refractivity (Wildman–Crippen MR) is 91.1 cm³/mol. The molecule has 1 aromatic rings. The first kappa shape index (κ1) is 19.4. The van der Waals surface area contributed by atoms with Gasteiger partial charge in [0.2, 0.25) is 0 Å². The molecule has 0 radical (unpaired) electrons. The van der Waals surface area contributed by atoms with Crippen molar-refractivity contribution in [2.24, 2.45) is 10.7 Å². The predicted octanol–water partition coefficient (Wildman–Crippen LogP) is 1.73. The number of rotatable bonds is 5. The van der Waals surface area contributed by atoms with Gasteiger partial charge in [-0.05, 0) is 30.2 Å². The molecule has 2 rings (SSSR count). The van der Waals surface area contributed by atoms with Crippen molar-refractivity contribution < 1.29 is 34.8 Å². The second kappa shape index (κ2) is 7.11. The van der Waals surface area contributed by atoms with Gasteiger partial charge in [-0.1, -0.05) is 25.1 Å². The molecule has 1 aliphatic rings. The van der Waals surface area contributed by atoms with E-state index in [0.717, 1.165) is 6.08 Å². The summed E-state index contributed by atoms with van der Waals surface area (Å²) < 4.78 is 14.4. The molecule has 1 aliphatic carbocycles. The van der Waals surface area contributed by atoms with E-state index in [4.69, 9.17) is 9.79 Å². The number of hydrogen-bond acceptors (Lipinski definition) is 5. The molecular weight excluding hydrogens is 349 g/mol. The lowest BCUT2D eigenvalue weighted by Crippen LogP contribution is -2.46. The molecule has 25 heavy (non-hydrogen) atoms. The number of aliphatic hydroxyl groups excluding tert-OH is 1. The third kappa shape index (κ3) is 4.56. The van der Waals surface area contributed by atoms with E-state index in [-0.39, 0.29) is 23.6 Å². The summed E-state index contributed by atoms with van der Waals surface area (Å²) >= 11 is 0. The number of nitrogens with zero attached hydrogens (tertiary/aromatic N) is 1. The fourth-order valence-electron chi connectivity index (χ4n) is 2.92. The van der Waals surface area contributed by atoms with E-state index in [1.165, 1.54) is 24.3 Å². The first-order valence-corrected chi connectivity index (χ1v) is 9.09. The molecule has 0 saturated carbocycles. The third-order valence-electron chi connectivity index (χ3n) is 3.97. The van der Waals surface area contributed by atoms with Gasteiger partial charge in [-0.3, -0.25) is 0 Å². The Kier molecular flexibility index (Phi) is 5.51. The Labute approximate surface area is 144 Å². The monoisotopic (exact) mass is 369 g/mol. The number of benzene rings is 1. The maximum absolute atomic E-state index is 11.2. The fraction of sp³-hybridized carbons (Fsp3) is 0.312. The lowest BCUT2D eigenvalue weighted by atomic mass is 9.77. The summed E-state index contributed by atoms with van der Waals surface area (Å²) in [6.07, 6.45) is 3.65. The average molecular weight is 369 g/mol. The van der Waals surface area contributed by atoms with Crippen LogP contribution in [-0.4, -0.2) is 41.7 Å². The summed E-state index contributed by atoms with van der Waals surface area (Å²) in [5.41, 5.74) is 0.0899. The summed E-state index contributed by atoms with van der Waals surface area (Å²) in [5, 5.41) is 40.7.